The maximum absolute atomic E-state index is 12.6. The van der Waals surface area contributed by atoms with Gasteiger partial charge in [-0.05, 0) is 36.6 Å². The van der Waals surface area contributed by atoms with Gasteiger partial charge in [-0.3, -0.25) is 4.90 Å². The second kappa shape index (κ2) is 12.5. The minimum Gasteiger partial charge on any atom is -0.435 e. The molecule has 4 nitrogen and oxygen atoms in total. The lowest BCUT2D eigenvalue weighted by atomic mass is 10.1. The highest BCUT2D eigenvalue weighted by Gasteiger charge is 2.16. The van der Waals surface area contributed by atoms with E-state index in [0.717, 1.165) is 48.6 Å². The van der Waals surface area contributed by atoms with E-state index in [1.165, 1.54) is 11.1 Å². The van der Waals surface area contributed by atoms with E-state index in [1.54, 1.807) is 12.1 Å². The van der Waals surface area contributed by atoms with Crippen LogP contribution in [0.3, 0.4) is 0 Å². The van der Waals surface area contributed by atoms with Gasteiger partial charge in [0.2, 0.25) is 0 Å². The maximum Gasteiger partial charge on any atom is 0.387 e. The topological polar surface area (TPSA) is 30.3 Å². The molecule has 6 heteroatoms. The molecule has 4 rings (SSSR count). The van der Waals surface area contributed by atoms with Gasteiger partial charge in [0.15, 0.2) is 0 Å². The number of imidazole rings is 1. The highest BCUT2D eigenvalue weighted by atomic mass is 19.3. The Balaban J connectivity index is 1.61. The van der Waals surface area contributed by atoms with E-state index < -0.39 is 6.61 Å². The van der Waals surface area contributed by atoms with E-state index in [4.69, 9.17) is 4.98 Å². The predicted molar refractivity (Wildman–Crippen MR) is 140 cm³/mol. The third-order valence-electron chi connectivity index (χ3n) is 6.13. The monoisotopic (exact) mass is 489 g/mol. The maximum atomic E-state index is 12.6. The molecule has 188 valence electrons. The molecule has 36 heavy (non-hydrogen) atoms. The molecular formula is C30H33F2N3O. The van der Waals surface area contributed by atoms with Crippen LogP contribution in [0.1, 0.15) is 42.1 Å². The SMILES string of the molecule is CCCCn1c(CN(Cc2ccc(OC(F)F)cc2)Cc2cccc(C)c2)cnc1-c1ccccc1. The van der Waals surface area contributed by atoms with Gasteiger partial charge in [0.25, 0.3) is 0 Å². The highest BCUT2D eigenvalue weighted by Crippen LogP contribution is 2.23. The van der Waals surface area contributed by atoms with Gasteiger partial charge in [0, 0.05) is 31.7 Å². The molecule has 0 unspecified atom stereocenters. The molecule has 0 atom stereocenters. The lowest BCUT2D eigenvalue weighted by Gasteiger charge is -2.24. The molecule has 3 aromatic carbocycles. The minimum atomic E-state index is -2.82. The Kier molecular flexibility index (Phi) is 8.85. The summed E-state index contributed by atoms with van der Waals surface area (Å²) >= 11 is 0. The van der Waals surface area contributed by atoms with Crippen molar-refractivity contribution in [3.8, 4) is 17.1 Å². The number of halogens is 2. The Bertz CT molecular complexity index is 1220. The van der Waals surface area contributed by atoms with Gasteiger partial charge >= 0.3 is 6.61 Å². The first-order valence-corrected chi connectivity index (χ1v) is 12.4. The number of aromatic nitrogens is 2. The van der Waals surface area contributed by atoms with Crippen LogP contribution in [-0.2, 0) is 26.2 Å². The molecule has 0 aliphatic rings. The quantitative estimate of drug-likeness (QED) is 0.207. The van der Waals surface area contributed by atoms with Crippen molar-refractivity contribution in [3.05, 3.63) is 107 Å². The molecular weight excluding hydrogens is 456 g/mol. The third-order valence-corrected chi connectivity index (χ3v) is 6.13. The van der Waals surface area contributed by atoms with Gasteiger partial charge in [-0.2, -0.15) is 8.78 Å². The van der Waals surface area contributed by atoms with E-state index in [9.17, 15) is 8.78 Å². The molecule has 0 saturated heterocycles. The van der Waals surface area contributed by atoms with Crippen molar-refractivity contribution in [1.82, 2.24) is 14.5 Å². The van der Waals surface area contributed by atoms with Crippen molar-refractivity contribution in [3.63, 3.8) is 0 Å². The van der Waals surface area contributed by atoms with Gasteiger partial charge in [0.1, 0.15) is 11.6 Å². The van der Waals surface area contributed by atoms with Crippen LogP contribution in [0.2, 0.25) is 0 Å². The number of hydrogen-bond donors (Lipinski definition) is 0. The molecule has 0 radical (unpaired) electrons. The fourth-order valence-electron chi connectivity index (χ4n) is 4.42. The fourth-order valence-corrected chi connectivity index (χ4v) is 4.42. The van der Waals surface area contributed by atoms with Crippen LogP contribution in [0.15, 0.2) is 85.1 Å². The lowest BCUT2D eigenvalue weighted by molar-refractivity contribution is -0.0498. The molecule has 0 saturated carbocycles. The summed E-state index contributed by atoms with van der Waals surface area (Å²) in [4.78, 5) is 7.18. The van der Waals surface area contributed by atoms with E-state index in [0.29, 0.717) is 13.1 Å². The largest absolute Gasteiger partial charge is 0.435 e. The van der Waals surface area contributed by atoms with E-state index in [1.807, 2.05) is 36.5 Å². The summed E-state index contributed by atoms with van der Waals surface area (Å²) in [5, 5.41) is 0. The van der Waals surface area contributed by atoms with Crippen LogP contribution in [0.4, 0.5) is 8.78 Å². The zero-order chi connectivity index (χ0) is 25.3. The smallest absolute Gasteiger partial charge is 0.387 e. The Morgan fingerprint density at radius 3 is 2.33 bits per heavy atom. The highest BCUT2D eigenvalue weighted by molar-refractivity contribution is 5.55. The molecule has 0 amide bonds. The Labute approximate surface area is 212 Å². The standard InChI is InChI=1S/C30H33F2N3O/c1-3-4-17-35-27(19-33-29(35)26-11-6-5-7-12-26)22-34(21-25-10-8-9-23(2)18-25)20-24-13-15-28(16-14-24)36-30(31)32/h5-16,18-19,30H,3-4,17,20-22H2,1-2H3. The number of benzene rings is 3. The summed E-state index contributed by atoms with van der Waals surface area (Å²) in [7, 11) is 0. The summed E-state index contributed by atoms with van der Waals surface area (Å²) in [6.07, 6.45) is 4.17. The average Bonchev–Trinajstić information content (AvgIpc) is 3.26. The summed E-state index contributed by atoms with van der Waals surface area (Å²) in [6.45, 7) is 4.53. The van der Waals surface area contributed by atoms with Gasteiger partial charge < -0.3 is 9.30 Å². The van der Waals surface area contributed by atoms with Crippen LogP contribution >= 0.6 is 0 Å². The van der Waals surface area contributed by atoms with Crippen molar-refractivity contribution in [1.29, 1.82) is 0 Å². The van der Waals surface area contributed by atoms with Crippen molar-refractivity contribution in [2.45, 2.75) is 59.5 Å². The summed E-state index contributed by atoms with van der Waals surface area (Å²) in [5.74, 6) is 1.16. The number of ether oxygens (including phenoxy) is 1. The Morgan fingerprint density at radius 1 is 0.889 bits per heavy atom. The zero-order valence-corrected chi connectivity index (χ0v) is 20.9. The molecule has 0 N–H and O–H groups in total. The molecule has 0 aliphatic heterocycles. The lowest BCUT2D eigenvalue weighted by Crippen LogP contribution is -2.24. The number of aryl methyl sites for hydroxylation is 1. The Hall–Kier alpha value is -3.51. The third kappa shape index (κ3) is 7.01. The van der Waals surface area contributed by atoms with Crippen molar-refractivity contribution in [2.24, 2.45) is 0 Å². The van der Waals surface area contributed by atoms with Gasteiger partial charge in [-0.15, -0.1) is 0 Å². The molecule has 0 aliphatic carbocycles. The van der Waals surface area contributed by atoms with Gasteiger partial charge in [-0.25, -0.2) is 4.98 Å². The predicted octanol–water partition coefficient (Wildman–Crippen LogP) is 7.46. The molecule has 1 heterocycles. The van der Waals surface area contributed by atoms with Crippen molar-refractivity contribution >= 4 is 0 Å². The summed E-state index contributed by atoms with van der Waals surface area (Å²) in [5.41, 5.74) is 5.76. The molecule has 4 aromatic rings. The van der Waals surface area contributed by atoms with Crippen LogP contribution < -0.4 is 4.74 Å². The first-order valence-electron chi connectivity index (χ1n) is 12.4. The van der Waals surface area contributed by atoms with Crippen LogP contribution in [0, 0.1) is 6.92 Å². The minimum absolute atomic E-state index is 0.170. The van der Waals surface area contributed by atoms with Gasteiger partial charge in [-0.1, -0.05) is 85.6 Å². The van der Waals surface area contributed by atoms with Gasteiger partial charge in [0.05, 0.1) is 11.9 Å². The average molecular weight is 490 g/mol. The number of unbranched alkanes of at least 4 members (excludes halogenated alkanes) is 1. The first-order chi connectivity index (χ1) is 17.5. The zero-order valence-electron chi connectivity index (χ0n) is 20.9. The van der Waals surface area contributed by atoms with Crippen molar-refractivity contribution in [2.75, 3.05) is 0 Å². The molecule has 0 bridgehead atoms. The molecule has 0 spiro atoms. The molecule has 1 aromatic heterocycles. The number of nitrogens with zero attached hydrogens (tertiary/aromatic N) is 3. The molecule has 0 fully saturated rings. The number of hydrogen-bond acceptors (Lipinski definition) is 3. The van der Waals surface area contributed by atoms with Crippen LogP contribution in [0.5, 0.6) is 5.75 Å². The number of rotatable bonds is 12. The van der Waals surface area contributed by atoms with E-state index >= 15 is 0 Å². The Morgan fingerprint density at radius 2 is 1.64 bits per heavy atom. The first kappa shape index (κ1) is 25.6. The van der Waals surface area contributed by atoms with Crippen LogP contribution in [0.25, 0.3) is 11.4 Å². The number of alkyl halides is 2. The second-order valence-electron chi connectivity index (χ2n) is 9.10. The van der Waals surface area contributed by atoms with E-state index in [-0.39, 0.29) is 5.75 Å². The summed E-state index contributed by atoms with van der Waals surface area (Å²) in [6, 6.07) is 25.7. The normalized spacial score (nSPS) is 11.4. The summed E-state index contributed by atoms with van der Waals surface area (Å²) < 4.78 is 32.0. The van der Waals surface area contributed by atoms with Crippen LogP contribution in [-0.4, -0.2) is 21.1 Å². The van der Waals surface area contributed by atoms with Crippen molar-refractivity contribution < 1.29 is 13.5 Å². The van der Waals surface area contributed by atoms with E-state index in [2.05, 4.69) is 64.4 Å². The second-order valence-corrected chi connectivity index (χ2v) is 9.10. The fraction of sp³-hybridized carbons (Fsp3) is 0.300.